The van der Waals surface area contributed by atoms with Gasteiger partial charge in [-0.05, 0) is 51.3 Å². The standard InChI is InChI=1S/C15H23NO2/c1-9-7-10(2)13-12(16-17-6)8-15(4,5)18-14(13)11(9)3/h7,12,16H,8H2,1-6H3. The van der Waals surface area contributed by atoms with E-state index in [1.807, 2.05) is 0 Å². The van der Waals surface area contributed by atoms with E-state index in [0.29, 0.717) is 0 Å². The summed E-state index contributed by atoms with van der Waals surface area (Å²) in [5.74, 6) is 1.03. The highest BCUT2D eigenvalue weighted by Crippen LogP contribution is 2.44. The molecule has 100 valence electrons. The Bertz CT molecular complexity index is 466. The zero-order valence-corrected chi connectivity index (χ0v) is 12.2. The van der Waals surface area contributed by atoms with Crippen molar-refractivity contribution in [2.45, 2.75) is 52.7 Å². The highest BCUT2D eigenvalue weighted by atomic mass is 16.6. The van der Waals surface area contributed by atoms with Gasteiger partial charge in [0, 0.05) is 12.0 Å². The lowest BCUT2D eigenvalue weighted by Gasteiger charge is -2.39. The van der Waals surface area contributed by atoms with Gasteiger partial charge in [0.15, 0.2) is 0 Å². The van der Waals surface area contributed by atoms with Crippen molar-refractivity contribution in [1.29, 1.82) is 0 Å². The van der Waals surface area contributed by atoms with Gasteiger partial charge in [-0.2, -0.15) is 5.48 Å². The zero-order valence-electron chi connectivity index (χ0n) is 12.2. The maximum Gasteiger partial charge on any atom is 0.128 e. The number of nitrogens with one attached hydrogen (secondary N) is 1. The molecule has 3 heteroatoms. The van der Waals surface area contributed by atoms with E-state index in [9.17, 15) is 0 Å². The van der Waals surface area contributed by atoms with E-state index in [1.165, 1.54) is 22.3 Å². The Morgan fingerprint density at radius 1 is 1.28 bits per heavy atom. The van der Waals surface area contributed by atoms with Gasteiger partial charge in [0.1, 0.15) is 11.4 Å². The van der Waals surface area contributed by atoms with Crippen LogP contribution < -0.4 is 10.2 Å². The first-order valence-electron chi connectivity index (χ1n) is 6.44. The summed E-state index contributed by atoms with van der Waals surface area (Å²) in [6, 6.07) is 2.41. The highest BCUT2D eigenvalue weighted by molar-refractivity contribution is 5.52. The van der Waals surface area contributed by atoms with E-state index < -0.39 is 0 Å². The SMILES string of the molecule is CONC1CC(C)(C)Oc2c(C)c(C)cc(C)c21. The van der Waals surface area contributed by atoms with E-state index in [0.717, 1.165) is 12.2 Å². The molecule has 0 radical (unpaired) electrons. The first-order valence-corrected chi connectivity index (χ1v) is 6.44. The van der Waals surface area contributed by atoms with Gasteiger partial charge < -0.3 is 9.57 Å². The number of benzene rings is 1. The quantitative estimate of drug-likeness (QED) is 0.815. The van der Waals surface area contributed by atoms with Gasteiger partial charge in [-0.25, -0.2) is 0 Å². The summed E-state index contributed by atoms with van der Waals surface area (Å²) in [5, 5.41) is 0. The first kappa shape index (κ1) is 13.4. The monoisotopic (exact) mass is 249 g/mol. The third-order valence-corrected chi connectivity index (χ3v) is 3.72. The fourth-order valence-electron chi connectivity index (χ4n) is 2.79. The fourth-order valence-corrected chi connectivity index (χ4v) is 2.79. The molecule has 1 heterocycles. The number of ether oxygens (including phenoxy) is 1. The van der Waals surface area contributed by atoms with Gasteiger partial charge in [0.25, 0.3) is 0 Å². The van der Waals surface area contributed by atoms with Gasteiger partial charge in [-0.1, -0.05) is 6.07 Å². The molecule has 1 aliphatic rings. The van der Waals surface area contributed by atoms with Crippen LogP contribution in [0, 0.1) is 20.8 Å². The summed E-state index contributed by atoms with van der Waals surface area (Å²) < 4.78 is 6.19. The van der Waals surface area contributed by atoms with Crippen molar-refractivity contribution in [3.63, 3.8) is 0 Å². The third kappa shape index (κ3) is 2.25. The molecule has 0 saturated heterocycles. The van der Waals surface area contributed by atoms with Crippen LogP contribution in [0.1, 0.15) is 48.6 Å². The second kappa shape index (κ2) is 4.56. The van der Waals surface area contributed by atoms with Gasteiger partial charge in [0.2, 0.25) is 0 Å². The predicted molar refractivity (Wildman–Crippen MR) is 72.9 cm³/mol. The van der Waals surface area contributed by atoms with Gasteiger partial charge in [-0.15, -0.1) is 0 Å². The van der Waals surface area contributed by atoms with Crippen LogP contribution in [-0.4, -0.2) is 12.7 Å². The molecule has 1 aliphatic heterocycles. The molecule has 1 aromatic carbocycles. The molecule has 1 aromatic rings. The number of hydrogen-bond donors (Lipinski definition) is 1. The molecule has 1 unspecified atom stereocenters. The first-order chi connectivity index (χ1) is 8.35. The van der Waals surface area contributed by atoms with E-state index >= 15 is 0 Å². The molecule has 0 bridgehead atoms. The van der Waals surface area contributed by atoms with Crippen molar-refractivity contribution >= 4 is 0 Å². The largest absolute Gasteiger partial charge is 0.487 e. The predicted octanol–water partition coefficient (Wildman–Crippen LogP) is 3.37. The molecule has 2 rings (SSSR count). The molecule has 0 aliphatic carbocycles. The smallest absolute Gasteiger partial charge is 0.128 e. The van der Waals surface area contributed by atoms with Crippen LogP contribution in [0.25, 0.3) is 0 Å². The molecule has 18 heavy (non-hydrogen) atoms. The average molecular weight is 249 g/mol. The second-order valence-electron chi connectivity index (χ2n) is 5.82. The second-order valence-corrected chi connectivity index (χ2v) is 5.82. The summed E-state index contributed by atoms with van der Waals surface area (Å²) >= 11 is 0. The van der Waals surface area contributed by atoms with Crippen molar-refractivity contribution < 1.29 is 9.57 Å². The molecule has 3 nitrogen and oxygen atoms in total. The van der Waals surface area contributed by atoms with E-state index in [-0.39, 0.29) is 11.6 Å². The van der Waals surface area contributed by atoms with Crippen LogP contribution in [0.15, 0.2) is 6.07 Å². The lowest BCUT2D eigenvalue weighted by molar-refractivity contribution is 0.00225. The minimum atomic E-state index is -0.172. The van der Waals surface area contributed by atoms with E-state index in [4.69, 9.17) is 9.57 Å². The molecule has 0 amide bonds. The Kier molecular flexibility index (Phi) is 3.39. The van der Waals surface area contributed by atoms with E-state index in [2.05, 4.69) is 46.2 Å². The summed E-state index contributed by atoms with van der Waals surface area (Å²) in [7, 11) is 1.67. The van der Waals surface area contributed by atoms with Crippen LogP contribution in [0.4, 0.5) is 0 Å². The molecular weight excluding hydrogens is 226 g/mol. The molecule has 0 aromatic heterocycles. The molecule has 1 atom stereocenters. The normalized spacial score (nSPS) is 21.3. The van der Waals surface area contributed by atoms with Crippen molar-refractivity contribution in [2.24, 2.45) is 0 Å². The molecule has 0 fully saturated rings. The number of aryl methyl sites for hydroxylation is 2. The topological polar surface area (TPSA) is 30.5 Å². The highest BCUT2D eigenvalue weighted by Gasteiger charge is 2.36. The van der Waals surface area contributed by atoms with Crippen LogP contribution in [0.2, 0.25) is 0 Å². The Hall–Kier alpha value is -1.06. The van der Waals surface area contributed by atoms with Gasteiger partial charge >= 0.3 is 0 Å². The van der Waals surface area contributed by atoms with Gasteiger partial charge in [-0.3, -0.25) is 0 Å². The maximum atomic E-state index is 6.19. The minimum Gasteiger partial charge on any atom is -0.487 e. The van der Waals surface area contributed by atoms with Crippen molar-refractivity contribution in [2.75, 3.05) is 7.11 Å². The minimum absolute atomic E-state index is 0.172. The Balaban J connectivity index is 2.58. The summed E-state index contributed by atoms with van der Waals surface area (Å²) in [6.07, 6.45) is 0.900. The lowest BCUT2D eigenvalue weighted by Crippen LogP contribution is -2.40. The number of hydroxylamine groups is 1. The van der Waals surface area contributed by atoms with Crippen molar-refractivity contribution in [3.05, 3.63) is 28.3 Å². The van der Waals surface area contributed by atoms with E-state index in [1.54, 1.807) is 7.11 Å². The summed E-state index contributed by atoms with van der Waals surface area (Å²) in [5.41, 5.74) is 7.93. The summed E-state index contributed by atoms with van der Waals surface area (Å²) in [6.45, 7) is 10.6. The van der Waals surface area contributed by atoms with Crippen LogP contribution in [0.3, 0.4) is 0 Å². The number of fused-ring (bicyclic) bond motifs is 1. The number of rotatable bonds is 2. The molecule has 0 saturated carbocycles. The van der Waals surface area contributed by atoms with Crippen molar-refractivity contribution in [1.82, 2.24) is 5.48 Å². The van der Waals surface area contributed by atoms with Crippen LogP contribution >= 0.6 is 0 Å². The Labute approximate surface area is 109 Å². The Morgan fingerprint density at radius 2 is 1.94 bits per heavy atom. The number of hydrogen-bond acceptors (Lipinski definition) is 3. The zero-order chi connectivity index (χ0) is 13.5. The molecule has 1 N–H and O–H groups in total. The average Bonchev–Trinajstić information content (AvgIpc) is 2.24. The fraction of sp³-hybridized carbons (Fsp3) is 0.600. The lowest BCUT2D eigenvalue weighted by atomic mass is 9.85. The Morgan fingerprint density at radius 3 is 2.56 bits per heavy atom. The maximum absolute atomic E-state index is 6.19. The van der Waals surface area contributed by atoms with Gasteiger partial charge in [0.05, 0.1) is 13.2 Å². The third-order valence-electron chi connectivity index (χ3n) is 3.72. The summed E-state index contributed by atoms with van der Waals surface area (Å²) in [4.78, 5) is 5.15. The molecular formula is C15H23NO2. The van der Waals surface area contributed by atoms with Crippen molar-refractivity contribution in [3.8, 4) is 5.75 Å². The van der Waals surface area contributed by atoms with Crippen LogP contribution in [-0.2, 0) is 4.84 Å². The molecule has 0 spiro atoms. The van der Waals surface area contributed by atoms with Crippen LogP contribution in [0.5, 0.6) is 5.75 Å².